The monoisotopic (exact) mass is 653 g/mol. The van der Waals surface area contributed by atoms with Crippen molar-refractivity contribution in [2.45, 2.75) is 6.92 Å². The van der Waals surface area contributed by atoms with Gasteiger partial charge in [0.05, 0.1) is 22.1 Å². The Morgan fingerprint density at radius 3 is 1.61 bits per heavy atom. The number of benzene rings is 7. The number of aromatic nitrogens is 5. The molecule has 0 amide bonds. The quantitative estimate of drug-likeness (QED) is 0.186. The molecule has 3 aromatic heterocycles. The van der Waals surface area contributed by atoms with Crippen LogP contribution in [0.15, 0.2) is 170 Å². The van der Waals surface area contributed by atoms with Crippen LogP contribution in [0.3, 0.4) is 0 Å². The second kappa shape index (κ2) is 11.6. The maximum atomic E-state index is 5.14. The lowest BCUT2D eigenvalue weighted by Crippen LogP contribution is -2.06. The van der Waals surface area contributed by atoms with E-state index in [1.165, 1.54) is 32.8 Å². The van der Waals surface area contributed by atoms with E-state index in [0.717, 1.165) is 44.4 Å². The van der Waals surface area contributed by atoms with Gasteiger partial charge in [-0.2, -0.15) is 9.97 Å². The van der Waals surface area contributed by atoms with Gasteiger partial charge in [0.2, 0.25) is 5.95 Å². The van der Waals surface area contributed by atoms with Gasteiger partial charge in [0.25, 0.3) is 0 Å². The highest BCUT2D eigenvalue weighted by Gasteiger charge is 2.19. The minimum Gasteiger partial charge on any atom is -0.309 e. The molecule has 0 spiro atoms. The second-order valence-corrected chi connectivity index (χ2v) is 13.0. The Morgan fingerprint density at radius 2 is 0.882 bits per heavy atom. The number of aryl methyl sites for hydroxylation is 1. The topological polar surface area (TPSA) is 48.5 Å². The molecule has 0 aliphatic carbocycles. The Bertz CT molecular complexity index is 2850. The molecule has 10 aromatic rings. The lowest BCUT2D eigenvalue weighted by atomic mass is 10.0. The summed E-state index contributed by atoms with van der Waals surface area (Å²) in [6.45, 7) is 2.14. The molecule has 0 aliphatic rings. The van der Waals surface area contributed by atoms with Gasteiger partial charge in [-0.3, -0.25) is 4.57 Å². The van der Waals surface area contributed by atoms with Gasteiger partial charge in [0.1, 0.15) is 0 Å². The fourth-order valence-corrected chi connectivity index (χ4v) is 7.43. The highest BCUT2D eigenvalue weighted by molar-refractivity contribution is 6.12. The number of rotatable bonds is 5. The summed E-state index contributed by atoms with van der Waals surface area (Å²) in [5.74, 6) is 1.86. The predicted molar refractivity (Wildman–Crippen MR) is 210 cm³/mol. The lowest BCUT2D eigenvalue weighted by molar-refractivity contribution is 0.953. The van der Waals surface area contributed by atoms with Gasteiger partial charge in [0.15, 0.2) is 11.6 Å². The second-order valence-electron chi connectivity index (χ2n) is 13.0. The van der Waals surface area contributed by atoms with Gasteiger partial charge in [-0.05, 0) is 66.6 Å². The van der Waals surface area contributed by atoms with E-state index in [2.05, 4.69) is 125 Å². The summed E-state index contributed by atoms with van der Waals surface area (Å²) < 4.78 is 4.56. The summed E-state index contributed by atoms with van der Waals surface area (Å²) in [7, 11) is 0. The molecule has 0 saturated carbocycles. The Balaban J connectivity index is 1.21. The highest BCUT2D eigenvalue weighted by atomic mass is 15.2. The van der Waals surface area contributed by atoms with Crippen molar-refractivity contribution < 1.29 is 0 Å². The average molecular weight is 654 g/mol. The third kappa shape index (κ3) is 4.82. The number of para-hydroxylation sites is 2. The van der Waals surface area contributed by atoms with Gasteiger partial charge >= 0.3 is 0 Å². The van der Waals surface area contributed by atoms with Crippen LogP contribution in [0.1, 0.15) is 5.56 Å². The molecule has 0 N–H and O–H groups in total. The van der Waals surface area contributed by atoms with Crippen LogP contribution < -0.4 is 0 Å². The molecule has 7 aromatic carbocycles. The van der Waals surface area contributed by atoms with Crippen LogP contribution in [0.4, 0.5) is 0 Å². The van der Waals surface area contributed by atoms with E-state index < -0.39 is 0 Å². The average Bonchev–Trinajstić information content (AvgIpc) is 3.70. The molecule has 0 atom stereocenters. The first kappa shape index (κ1) is 29.1. The van der Waals surface area contributed by atoms with Crippen LogP contribution in [0.2, 0.25) is 0 Å². The summed E-state index contributed by atoms with van der Waals surface area (Å²) in [5.41, 5.74) is 11.0. The third-order valence-electron chi connectivity index (χ3n) is 9.83. The summed E-state index contributed by atoms with van der Waals surface area (Å²) in [6.07, 6.45) is 0. The van der Waals surface area contributed by atoms with Crippen LogP contribution in [-0.4, -0.2) is 24.1 Å². The van der Waals surface area contributed by atoms with Crippen molar-refractivity contribution in [3.05, 3.63) is 175 Å². The van der Waals surface area contributed by atoms with Crippen molar-refractivity contribution in [1.29, 1.82) is 0 Å². The maximum absolute atomic E-state index is 5.14. The molecule has 0 unspecified atom stereocenters. The number of hydrogen-bond donors (Lipinski definition) is 0. The molecule has 0 bridgehead atoms. The van der Waals surface area contributed by atoms with Gasteiger partial charge in [-0.25, -0.2) is 4.98 Å². The molecule has 0 fully saturated rings. The summed E-state index contributed by atoms with van der Waals surface area (Å²) in [5, 5.41) is 4.78. The zero-order valence-electron chi connectivity index (χ0n) is 27.9. The molecular weight excluding hydrogens is 623 g/mol. The Hall–Kier alpha value is -6.85. The zero-order chi connectivity index (χ0) is 33.9. The molecule has 5 heteroatoms. The predicted octanol–water partition coefficient (Wildman–Crippen LogP) is 11.4. The maximum Gasteiger partial charge on any atom is 0.238 e. The molecule has 10 rings (SSSR count). The van der Waals surface area contributed by atoms with Gasteiger partial charge < -0.3 is 4.57 Å². The summed E-state index contributed by atoms with van der Waals surface area (Å²) in [4.78, 5) is 15.2. The van der Waals surface area contributed by atoms with E-state index in [4.69, 9.17) is 15.0 Å². The number of nitrogens with zero attached hydrogens (tertiary/aromatic N) is 5. The standard InChI is InChI=1S/C46H31N5/c1-30-21-25-42-38(27-30)37-24-22-34(33-23-26-41-39(28-33)36-19-11-12-20-40(36)50(41)35-17-9-4-10-18-35)29-43(37)51(42)46-48-44(31-13-5-2-6-14-31)47-45(49-46)32-15-7-3-8-16-32/h2-29H,1H3. The third-order valence-corrected chi connectivity index (χ3v) is 9.83. The van der Waals surface area contributed by atoms with E-state index in [-0.39, 0.29) is 0 Å². The van der Waals surface area contributed by atoms with E-state index >= 15 is 0 Å². The normalized spacial score (nSPS) is 11.6. The number of fused-ring (bicyclic) bond motifs is 6. The van der Waals surface area contributed by atoms with Crippen molar-refractivity contribution in [3.8, 4) is 45.5 Å². The minimum atomic E-state index is 0.588. The molecule has 0 saturated heterocycles. The molecular formula is C46H31N5. The largest absolute Gasteiger partial charge is 0.309 e. The van der Waals surface area contributed by atoms with Gasteiger partial charge in [-0.1, -0.05) is 127 Å². The van der Waals surface area contributed by atoms with E-state index in [1.54, 1.807) is 0 Å². The Kier molecular flexibility index (Phi) is 6.64. The van der Waals surface area contributed by atoms with Crippen LogP contribution in [0.5, 0.6) is 0 Å². The molecule has 0 aliphatic heterocycles. The molecule has 5 nitrogen and oxygen atoms in total. The van der Waals surface area contributed by atoms with E-state index in [0.29, 0.717) is 17.6 Å². The highest BCUT2D eigenvalue weighted by Crippen LogP contribution is 2.38. The first-order chi connectivity index (χ1) is 25.2. The molecule has 0 radical (unpaired) electrons. The van der Waals surface area contributed by atoms with E-state index in [9.17, 15) is 0 Å². The van der Waals surface area contributed by atoms with Gasteiger partial charge in [-0.15, -0.1) is 0 Å². The number of hydrogen-bond acceptors (Lipinski definition) is 3. The lowest BCUT2D eigenvalue weighted by Gasteiger charge is -2.11. The van der Waals surface area contributed by atoms with Crippen molar-refractivity contribution in [3.63, 3.8) is 0 Å². The van der Waals surface area contributed by atoms with Gasteiger partial charge in [0, 0.05) is 38.4 Å². The van der Waals surface area contributed by atoms with Crippen LogP contribution in [0, 0.1) is 6.92 Å². The van der Waals surface area contributed by atoms with E-state index in [1.807, 2.05) is 60.7 Å². The minimum absolute atomic E-state index is 0.588. The fourth-order valence-electron chi connectivity index (χ4n) is 7.43. The van der Waals surface area contributed by atoms with Crippen LogP contribution >= 0.6 is 0 Å². The zero-order valence-corrected chi connectivity index (χ0v) is 27.9. The van der Waals surface area contributed by atoms with Crippen molar-refractivity contribution in [1.82, 2.24) is 24.1 Å². The van der Waals surface area contributed by atoms with Crippen LogP contribution in [-0.2, 0) is 0 Å². The summed E-state index contributed by atoms with van der Waals surface area (Å²) >= 11 is 0. The van der Waals surface area contributed by atoms with Crippen molar-refractivity contribution in [2.75, 3.05) is 0 Å². The first-order valence-corrected chi connectivity index (χ1v) is 17.2. The smallest absolute Gasteiger partial charge is 0.238 e. The van der Waals surface area contributed by atoms with Crippen molar-refractivity contribution >= 4 is 43.6 Å². The van der Waals surface area contributed by atoms with Crippen molar-refractivity contribution in [2.24, 2.45) is 0 Å². The molecule has 240 valence electrons. The fraction of sp³-hybridized carbons (Fsp3) is 0.0217. The van der Waals surface area contributed by atoms with Crippen LogP contribution in [0.25, 0.3) is 89.2 Å². The Morgan fingerprint density at radius 1 is 0.353 bits per heavy atom. The molecule has 3 heterocycles. The Labute approximate surface area is 294 Å². The molecule has 51 heavy (non-hydrogen) atoms. The first-order valence-electron chi connectivity index (χ1n) is 17.2. The SMILES string of the molecule is Cc1ccc2c(c1)c1ccc(-c3ccc4c(c3)c3ccccc3n4-c3ccccc3)cc1n2-c1nc(-c2ccccc2)nc(-c2ccccc2)n1. The summed E-state index contributed by atoms with van der Waals surface area (Å²) in [6, 6.07) is 59.7.